The average molecular weight is 360 g/mol. The summed E-state index contributed by atoms with van der Waals surface area (Å²) < 4.78 is 4.55. The highest BCUT2D eigenvalue weighted by atomic mass is 127. The van der Waals surface area contributed by atoms with Crippen molar-refractivity contribution in [1.29, 1.82) is 0 Å². The van der Waals surface area contributed by atoms with Gasteiger partial charge in [-0.25, -0.2) is 4.79 Å². The lowest BCUT2D eigenvalue weighted by atomic mass is 10.1. The number of hydrogen-bond donors (Lipinski definition) is 0. The van der Waals surface area contributed by atoms with Gasteiger partial charge in [0.1, 0.15) is 5.01 Å². The summed E-state index contributed by atoms with van der Waals surface area (Å²) >= 11 is 2.83. The SMILES string of the molecule is O=C(OI)c1nnc(CCc2ccccc2)s1. The van der Waals surface area contributed by atoms with Crippen molar-refractivity contribution in [2.24, 2.45) is 0 Å². The molecule has 0 saturated carbocycles. The first-order valence-corrected chi connectivity index (χ1v) is 6.68. The monoisotopic (exact) mass is 360 g/mol. The first kappa shape index (κ1) is 12.4. The molecule has 0 fully saturated rings. The first-order valence-electron chi connectivity index (χ1n) is 4.99. The maximum atomic E-state index is 11.2. The summed E-state index contributed by atoms with van der Waals surface area (Å²) in [6, 6.07) is 10.1. The van der Waals surface area contributed by atoms with Crippen molar-refractivity contribution in [2.75, 3.05) is 0 Å². The van der Waals surface area contributed by atoms with Gasteiger partial charge in [-0.2, -0.15) is 0 Å². The molecular weight excluding hydrogens is 351 g/mol. The lowest BCUT2D eigenvalue weighted by molar-refractivity contribution is 0.0799. The van der Waals surface area contributed by atoms with Gasteiger partial charge in [0.05, 0.1) is 0 Å². The summed E-state index contributed by atoms with van der Waals surface area (Å²) in [5.74, 6) is -0.436. The molecule has 0 saturated heterocycles. The number of carbonyl (C=O) groups is 1. The normalized spacial score (nSPS) is 10.2. The van der Waals surface area contributed by atoms with Gasteiger partial charge in [0, 0.05) is 6.42 Å². The quantitative estimate of drug-likeness (QED) is 0.787. The second kappa shape index (κ2) is 6.06. The largest absolute Gasteiger partial charge is 0.389 e. The van der Waals surface area contributed by atoms with Crippen LogP contribution in [0.1, 0.15) is 20.4 Å². The molecule has 2 rings (SSSR count). The van der Waals surface area contributed by atoms with E-state index in [9.17, 15) is 4.79 Å². The fourth-order valence-electron chi connectivity index (χ4n) is 1.37. The van der Waals surface area contributed by atoms with Crippen LogP contribution >= 0.6 is 34.3 Å². The molecule has 1 aromatic heterocycles. The van der Waals surface area contributed by atoms with Gasteiger partial charge in [0.15, 0.2) is 23.0 Å². The number of halogens is 1. The molecule has 2 aromatic rings. The Bertz CT molecular complexity index is 501. The standard InChI is InChI=1S/C11H9IN2O2S/c12-16-11(15)10-14-13-9(17-10)7-6-8-4-2-1-3-5-8/h1-5H,6-7H2. The zero-order chi connectivity index (χ0) is 12.1. The van der Waals surface area contributed by atoms with Gasteiger partial charge in [0.2, 0.25) is 5.01 Å². The predicted molar refractivity (Wildman–Crippen MR) is 73.2 cm³/mol. The molecule has 0 spiro atoms. The minimum Gasteiger partial charge on any atom is -0.389 e. The maximum absolute atomic E-state index is 11.2. The van der Waals surface area contributed by atoms with Crippen molar-refractivity contribution in [3.05, 3.63) is 45.9 Å². The molecule has 4 nitrogen and oxygen atoms in total. The molecule has 0 amide bonds. The third kappa shape index (κ3) is 3.47. The Hall–Kier alpha value is -1.02. The van der Waals surface area contributed by atoms with Gasteiger partial charge in [-0.1, -0.05) is 41.7 Å². The average Bonchev–Trinajstić information content (AvgIpc) is 2.85. The molecule has 6 heteroatoms. The number of carbonyl (C=O) groups excluding carboxylic acids is 1. The summed E-state index contributed by atoms with van der Waals surface area (Å²) in [7, 11) is 0. The van der Waals surface area contributed by atoms with E-state index in [-0.39, 0.29) is 0 Å². The topological polar surface area (TPSA) is 52.1 Å². The predicted octanol–water partition coefficient (Wildman–Crippen LogP) is 2.83. The molecule has 0 aliphatic heterocycles. The first-order chi connectivity index (χ1) is 8.29. The molecule has 1 aromatic carbocycles. The van der Waals surface area contributed by atoms with Gasteiger partial charge in [0.25, 0.3) is 0 Å². The lowest BCUT2D eigenvalue weighted by Gasteiger charge is -1.96. The number of benzene rings is 1. The summed E-state index contributed by atoms with van der Waals surface area (Å²) in [4.78, 5) is 11.2. The van der Waals surface area contributed by atoms with Crippen molar-refractivity contribution in [1.82, 2.24) is 10.2 Å². The Morgan fingerprint density at radius 1 is 1.24 bits per heavy atom. The minimum atomic E-state index is -0.436. The van der Waals surface area contributed by atoms with Crippen molar-refractivity contribution in [2.45, 2.75) is 12.8 Å². The summed E-state index contributed by atoms with van der Waals surface area (Å²) in [6.07, 6.45) is 1.69. The van der Waals surface area contributed by atoms with Gasteiger partial charge >= 0.3 is 5.97 Å². The molecular formula is C11H9IN2O2S. The Morgan fingerprint density at radius 3 is 2.71 bits per heavy atom. The number of nitrogens with zero attached hydrogens (tertiary/aromatic N) is 2. The highest BCUT2D eigenvalue weighted by molar-refractivity contribution is 14.1. The zero-order valence-electron chi connectivity index (χ0n) is 8.80. The Morgan fingerprint density at radius 2 is 2.00 bits per heavy atom. The summed E-state index contributed by atoms with van der Waals surface area (Å²) in [5, 5.41) is 8.91. The van der Waals surface area contributed by atoms with E-state index in [0.29, 0.717) is 5.01 Å². The van der Waals surface area contributed by atoms with E-state index in [0.717, 1.165) is 17.8 Å². The fourth-order valence-corrected chi connectivity index (χ4v) is 2.44. The maximum Gasteiger partial charge on any atom is 0.378 e. The highest BCUT2D eigenvalue weighted by Crippen LogP contribution is 2.14. The van der Waals surface area contributed by atoms with Crippen LogP contribution in [0.3, 0.4) is 0 Å². The van der Waals surface area contributed by atoms with Crippen LogP contribution in [0.2, 0.25) is 0 Å². The van der Waals surface area contributed by atoms with Crippen molar-refractivity contribution >= 4 is 40.3 Å². The second-order valence-corrected chi connectivity index (χ2v) is 4.85. The Labute approximate surface area is 117 Å². The van der Waals surface area contributed by atoms with Crippen LogP contribution in [-0.2, 0) is 15.9 Å². The van der Waals surface area contributed by atoms with Crippen molar-refractivity contribution in [3.63, 3.8) is 0 Å². The molecule has 1 heterocycles. The van der Waals surface area contributed by atoms with Gasteiger partial charge in [-0.15, -0.1) is 10.2 Å². The Balaban J connectivity index is 1.96. The number of rotatable bonds is 4. The highest BCUT2D eigenvalue weighted by Gasteiger charge is 2.13. The number of hydrogen-bond acceptors (Lipinski definition) is 5. The summed E-state index contributed by atoms with van der Waals surface area (Å²) in [5.41, 5.74) is 1.25. The lowest BCUT2D eigenvalue weighted by Crippen LogP contribution is -1.95. The molecule has 0 atom stereocenters. The van der Waals surface area contributed by atoms with Crippen molar-refractivity contribution < 1.29 is 7.86 Å². The summed E-state index contributed by atoms with van der Waals surface area (Å²) in [6.45, 7) is 0. The van der Waals surface area contributed by atoms with Gasteiger partial charge in [-0.3, -0.25) is 0 Å². The number of aryl methyl sites for hydroxylation is 2. The van der Waals surface area contributed by atoms with E-state index in [2.05, 4.69) is 25.4 Å². The zero-order valence-corrected chi connectivity index (χ0v) is 11.8. The van der Waals surface area contributed by atoms with Crippen LogP contribution < -0.4 is 0 Å². The third-order valence-electron chi connectivity index (χ3n) is 2.18. The van der Waals surface area contributed by atoms with E-state index in [4.69, 9.17) is 0 Å². The van der Waals surface area contributed by atoms with Crippen LogP contribution in [0.5, 0.6) is 0 Å². The molecule has 0 radical (unpaired) electrons. The minimum absolute atomic E-state index is 0.308. The molecule has 0 aliphatic carbocycles. The second-order valence-electron chi connectivity index (χ2n) is 3.35. The van der Waals surface area contributed by atoms with Crippen LogP contribution in [0, 0.1) is 0 Å². The third-order valence-corrected chi connectivity index (χ3v) is 3.54. The van der Waals surface area contributed by atoms with E-state index < -0.39 is 5.97 Å². The van der Waals surface area contributed by atoms with Crippen LogP contribution in [-0.4, -0.2) is 16.2 Å². The Kier molecular flexibility index (Phi) is 4.43. The van der Waals surface area contributed by atoms with E-state index in [1.165, 1.54) is 16.9 Å². The van der Waals surface area contributed by atoms with Gasteiger partial charge in [-0.05, 0) is 12.0 Å². The molecule has 0 N–H and O–H groups in total. The molecule has 17 heavy (non-hydrogen) atoms. The van der Waals surface area contributed by atoms with E-state index >= 15 is 0 Å². The molecule has 0 bridgehead atoms. The van der Waals surface area contributed by atoms with Crippen molar-refractivity contribution in [3.8, 4) is 0 Å². The van der Waals surface area contributed by atoms with Crippen LogP contribution in [0.4, 0.5) is 0 Å². The smallest absolute Gasteiger partial charge is 0.378 e. The molecule has 0 unspecified atom stereocenters. The van der Waals surface area contributed by atoms with Crippen LogP contribution in [0.15, 0.2) is 30.3 Å². The molecule has 0 aliphatic rings. The van der Waals surface area contributed by atoms with E-state index in [1.807, 2.05) is 18.2 Å². The number of aromatic nitrogens is 2. The molecule has 88 valence electrons. The van der Waals surface area contributed by atoms with Crippen LogP contribution in [0.25, 0.3) is 0 Å². The fraction of sp³-hybridized carbons (Fsp3) is 0.182. The van der Waals surface area contributed by atoms with E-state index in [1.54, 1.807) is 23.0 Å². The van der Waals surface area contributed by atoms with Gasteiger partial charge < -0.3 is 3.07 Å².